The summed E-state index contributed by atoms with van der Waals surface area (Å²) in [4.78, 5) is 36.3. The molecule has 0 fully saturated rings. The van der Waals surface area contributed by atoms with Gasteiger partial charge in [-0.25, -0.2) is 4.98 Å². The van der Waals surface area contributed by atoms with E-state index in [1.807, 2.05) is 24.3 Å². The number of benzene rings is 1. The normalized spacial score (nSPS) is 11.2. The molecule has 1 aromatic carbocycles. The molecule has 24 heavy (non-hydrogen) atoms. The molecular formula is C15H15N7O2. The third kappa shape index (κ3) is 3.35. The van der Waals surface area contributed by atoms with Crippen molar-refractivity contribution in [2.75, 3.05) is 5.32 Å². The summed E-state index contributed by atoms with van der Waals surface area (Å²) in [5.41, 5.74) is 1.72. The maximum atomic E-state index is 11.9. The first-order chi connectivity index (χ1) is 11.5. The molecule has 0 radical (unpaired) electrons. The van der Waals surface area contributed by atoms with Gasteiger partial charge in [0.25, 0.3) is 5.56 Å². The summed E-state index contributed by atoms with van der Waals surface area (Å²) in [6.45, 7) is 3.39. The quantitative estimate of drug-likeness (QED) is 0.637. The Kier molecular flexibility index (Phi) is 4.15. The minimum atomic E-state index is -0.478. The van der Waals surface area contributed by atoms with Crippen molar-refractivity contribution in [2.45, 2.75) is 20.3 Å². The third-order valence-electron chi connectivity index (χ3n) is 3.24. The highest BCUT2D eigenvalue weighted by atomic mass is 16.1. The van der Waals surface area contributed by atoms with Crippen LogP contribution in [0.4, 0.5) is 17.6 Å². The molecule has 0 unspecified atom stereocenters. The Morgan fingerprint density at radius 2 is 1.92 bits per heavy atom. The van der Waals surface area contributed by atoms with Gasteiger partial charge in [-0.2, -0.15) is 4.98 Å². The molecule has 9 heteroatoms. The number of imidazole rings is 1. The van der Waals surface area contributed by atoms with Crippen molar-refractivity contribution in [2.24, 2.45) is 10.2 Å². The summed E-state index contributed by atoms with van der Waals surface area (Å²) in [7, 11) is 0. The molecule has 0 saturated heterocycles. The summed E-state index contributed by atoms with van der Waals surface area (Å²) < 4.78 is 0. The largest absolute Gasteiger partial charge is 0.305 e. The Morgan fingerprint density at radius 3 is 2.58 bits per heavy atom. The lowest BCUT2D eigenvalue weighted by Gasteiger charge is -1.98. The molecule has 0 atom stereocenters. The molecule has 2 heterocycles. The molecule has 1 amide bonds. The van der Waals surface area contributed by atoms with E-state index < -0.39 is 5.56 Å². The van der Waals surface area contributed by atoms with Crippen molar-refractivity contribution in [3.05, 3.63) is 40.2 Å². The van der Waals surface area contributed by atoms with Crippen molar-refractivity contribution in [3.8, 4) is 0 Å². The zero-order valence-electron chi connectivity index (χ0n) is 13.1. The molecule has 122 valence electrons. The number of nitrogens with one attached hydrogen (secondary N) is 3. The van der Waals surface area contributed by atoms with Gasteiger partial charge in [0.2, 0.25) is 17.8 Å². The number of aryl methyl sites for hydroxylation is 1. The van der Waals surface area contributed by atoms with Gasteiger partial charge in [-0.3, -0.25) is 19.9 Å². The fourth-order valence-corrected chi connectivity index (χ4v) is 2.07. The fourth-order valence-electron chi connectivity index (χ4n) is 2.07. The lowest BCUT2D eigenvalue weighted by Crippen LogP contribution is -2.15. The highest BCUT2D eigenvalue weighted by Crippen LogP contribution is 2.18. The number of nitrogens with zero attached hydrogens (tertiary/aromatic N) is 4. The number of carbonyl (C=O) groups is 1. The Balaban J connectivity index is 1.89. The number of hydrogen-bond donors (Lipinski definition) is 3. The summed E-state index contributed by atoms with van der Waals surface area (Å²) in [5.74, 6) is -0.141. The average molecular weight is 325 g/mol. The van der Waals surface area contributed by atoms with E-state index >= 15 is 0 Å². The zero-order chi connectivity index (χ0) is 17.1. The van der Waals surface area contributed by atoms with E-state index in [9.17, 15) is 9.59 Å². The van der Waals surface area contributed by atoms with Gasteiger partial charge in [0.1, 0.15) is 0 Å². The molecule has 0 spiro atoms. The molecule has 9 nitrogen and oxygen atoms in total. The monoisotopic (exact) mass is 325 g/mol. The predicted octanol–water partition coefficient (Wildman–Crippen LogP) is 2.58. The van der Waals surface area contributed by atoms with Crippen LogP contribution in [0.3, 0.4) is 0 Å². The van der Waals surface area contributed by atoms with Gasteiger partial charge in [-0.15, -0.1) is 10.2 Å². The molecule has 3 N–H and O–H groups in total. The molecule has 0 aliphatic carbocycles. The van der Waals surface area contributed by atoms with Crippen LogP contribution in [-0.2, 0) is 11.2 Å². The summed E-state index contributed by atoms with van der Waals surface area (Å²) in [6.07, 6.45) is 0.950. The van der Waals surface area contributed by atoms with E-state index in [0.29, 0.717) is 5.69 Å². The van der Waals surface area contributed by atoms with E-state index in [4.69, 9.17) is 0 Å². The summed E-state index contributed by atoms with van der Waals surface area (Å²) in [6, 6.07) is 7.65. The number of rotatable bonds is 4. The Labute approximate surface area is 136 Å². The Bertz CT molecular complexity index is 970. The van der Waals surface area contributed by atoms with Crippen molar-refractivity contribution in [1.29, 1.82) is 0 Å². The second kappa shape index (κ2) is 6.41. The third-order valence-corrected chi connectivity index (χ3v) is 3.24. The lowest BCUT2D eigenvalue weighted by molar-refractivity contribution is -0.114. The molecule has 2 aromatic heterocycles. The summed E-state index contributed by atoms with van der Waals surface area (Å²) >= 11 is 0. The highest BCUT2D eigenvalue weighted by Gasteiger charge is 2.10. The van der Waals surface area contributed by atoms with Gasteiger partial charge in [0.15, 0.2) is 11.2 Å². The van der Waals surface area contributed by atoms with Crippen LogP contribution in [0.25, 0.3) is 11.2 Å². The van der Waals surface area contributed by atoms with Crippen molar-refractivity contribution in [3.63, 3.8) is 0 Å². The average Bonchev–Trinajstić information content (AvgIpc) is 2.96. The maximum Gasteiger partial charge on any atom is 0.280 e. The number of amides is 1. The fraction of sp³-hybridized carbons (Fsp3) is 0.200. The van der Waals surface area contributed by atoms with Crippen LogP contribution in [0.2, 0.25) is 0 Å². The smallest absolute Gasteiger partial charge is 0.280 e. The van der Waals surface area contributed by atoms with Crippen molar-refractivity contribution in [1.82, 2.24) is 19.9 Å². The first-order valence-corrected chi connectivity index (χ1v) is 7.33. The molecule has 3 rings (SSSR count). The van der Waals surface area contributed by atoms with Crippen molar-refractivity contribution >= 4 is 34.7 Å². The SMILES string of the molecule is CCc1ccc(/N=N/c2nc3c(=O)[nH]c(NC(C)=O)nc3[nH]2)cc1. The first kappa shape index (κ1) is 15.5. The number of azo groups is 1. The van der Waals surface area contributed by atoms with Gasteiger partial charge >= 0.3 is 0 Å². The Morgan fingerprint density at radius 1 is 1.17 bits per heavy atom. The van der Waals surface area contributed by atoms with Crippen LogP contribution in [0.1, 0.15) is 19.4 Å². The van der Waals surface area contributed by atoms with Gasteiger partial charge < -0.3 is 4.98 Å². The second-order valence-electron chi connectivity index (χ2n) is 5.07. The molecule has 0 aliphatic rings. The minimum Gasteiger partial charge on any atom is -0.305 e. The van der Waals surface area contributed by atoms with E-state index in [-0.39, 0.29) is 29.0 Å². The number of carbonyl (C=O) groups excluding carboxylic acids is 1. The van der Waals surface area contributed by atoms with Crippen LogP contribution in [0, 0.1) is 0 Å². The van der Waals surface area contributed by atoms with Crippen LogP contribution >= 0.6 is 0 Å². The van der Waals surface area contributed by atoms with Gasteiger partial charge in [-0.05, 0) is 24.1 Å². The Hall–Kier alpha value is -3.36. The lowest BCUT2D eigenvalue weighted by atomic mass is 10.2. The van der Waals surface area contributed by atoms with Crippen LogP contribution in [0.15, 0.2) is 39.3 Å². The molecular weight excluding hydrogens is 310 g/mol. The second-order valence-corrected chi connectivity index (χ2v) is 5.07. The van der Waals surface area contributed by atoms with Crippen LogP contribution in [-0.4, -0.2) is 25.8 Å². The molecule has 0 saturated carbocycles. The summed E-state index contributed by atoms with van der Waals surface area (Å²) in [5, 5.41) is 10.5. The number of aromatic amines is 2. The molecule has 0 bridgehead atoms. The molecule has 0 aliphatic heterocycles. The van der Waals surface area contributed by atoms with Crippen LogP contribution < -0.4 is 10.9 Å². The standard InChI is InChI=1S/C15H15N7O2/c1-3-9-4-6-10(7-5-9)21-22-15-17-11-12(19-15)18-14(16-8(2)23)20-13(11)24/h4-7H,3H2,1-2H3,(H3,16,17,18,19,20,23,24)/b22-21+. The predicted molar refractivity (Wildman–Crippen MR) is 88.8 cm³/mol. The maximum absolute atomic E-state index is 11.9. The zero-order valence-corrected chi connectivity index (χ0v) is 13.1. The number of aromatic nitrogens is 4. The van der Waals surface area contributed by atoms with E-state index in [2.05, 4.69) is 42.4 Å². The van der Waals surface area contributed by atoms with Crippen molar-refractivity contribution < 1.29 is 4.79 Å². The number of H-pyrrole nitrogens is 2. The van der Waals surface area contributed by atoms with E-state index in [1.165, 1.54) is 12.5 Å². The number of fused-ring (bicyclic) bond motifs is 1. The highest BCUT2D eigenvalue weighted by molar-refractivity contribution is 5.87. The topological polar surface area (TPSA) is 128 Å². The number of hydrogen-bond acceptors (Lipinski definition) is 6. The number of anilines is 1. The van der Waals surface area contributed by atoms with Gasteiger partial charge in [0.05, 0.1) is 5.69 Å². The first-order valence-electron chi connectivity index (χ1n) is 7.33. The van der Waals surface area contributed by atoms with E-state index in [1.54, 1.807) is 0 Å². The molecule has 3 aromatic rings. The van der Waals surface area contributed by atoms with Gasteiger partial charge in [-0.1, -0.05) is 19.1 Å². The minimum absolute atomic E-state index is 0.0438. The van der Waals surface area contributed by atoms with Gasteiger partial charge in [0, 0.05) is 6.92 Å². The van der Waals surface area contributed by atoms with Crippen LogP contribution in [0.5, 0.6) is 0 Å². The van der Waals surface area contributed by atoms with E-state index in [0.717, 1.165) is 6.42 Å².